The standard InChI is InChI=1S/C18H26N2O4/c21-10-12-24-17-13-23-11-7-16(17)19-18(22)14-3-5-15(6-4-14)20-8-1-2-9-20/h3-6,16-17,21H,1-2,7-13H2,(H,19,22)/t16-,17-/m1/s1. The van der Waals surface area contributed by atoms with Gasteiger partial charge >= 0.3 is 0 Å². The molecular weight excluding hydrogens is 308 g/mol. The van der Waals surface area contributed by atoms with Crippen molar-refractivity contribution in [2.45, 2.75) is 31.4 Å². The Kier molecular flexibility index (Phi) is 6.07. The van der Waals surface area contributed by atoms with Crippen LogP contribution in [0, 0.1) is 0 Å². The van der Waals surface area contributed by atoms with Crippen molar-refractivity contribution in [3.63, 3.8) is 0 Å². The van der Waals surface area contributed by atoms with Gasteiger partial charge in [0.1, 0.15) is 6.10 Å². The highest BCUT2D eigenvalue weighted by molar-refractivity contribution is 5.94. The van der Waals surface area contributed by atoms with Gasteiger partial charge in [-0.2, -0.15) is 0 Å². The van der Waals surface area contributed by atoms with E-state index in [9.17, 15) is 4.79 Å². The second kappa shape index (κ2) is 8.46. The van der Waals surface area contributed by atoms with E-state index in [4.69, 9.17) is 14.6 Å². The highest BCUT2D eigenvalue weighted by atomic mass is 16.5. The van der Waals surface area contributed by atoms with Gasteiger partial charge in [0.15, 0.2) is 0 Å². The molecule has 2 N–H and O–H groups in total. The molecule has 1 aromatic rings. The fraction of sp³-hybridized carbons (Fsp3) is 0.611. The molecule has 132 valence electrons. The Morgan fingerprint density at radius 2 is 2.04 bits per heavy atom. The highest BCUT2D eigenvalue weighted by Crippen LogP contribution is 2.20. The van der Waals surface area contributed by atoms with Crippen molar-refractivity contribution < 1.29 is 19.4 Å². The molecule has 0 radical (unpaired) electrons. The van der Waals surface area contributed by atoms with Crippen LogP contribution >= 0.6 is 0 Å². The molecule has 6 nitrogen and oxygen atoms in total. The minimum absolute atomic E-state index is 0.0326. The molecule has 2 aliphatic rings. The summed E-state index contributed by atoms with van der Waals surface area (Å²) in [6.45, 7) is 3.46. The number of nitrogens with one attached hydrogen (secondary N) is 1. The minimum atomic E-state index is -0.210. The van der Waals surface area contributed by atoms with E-state index < -0.39 is 0 Å². The number of aliphatic hydroxyl groups excluding tert-OH is 1. The lowest BCUT2D eigenvalue weighted by Crippen LogP contribution is -2.50. The van der Waals surface area contributed by atoms with E-state index in [1.54, 1.807) is 0 Å². The van der Waals surface area contributed by atoms with Crippen LogP contribution in [0.3, 0.4) is 0 Å². The first-order chi connectivity index (χ1) is 11.8. The number of hydrogen-bond acceptors (Lipinski definition) is 5. The highest BCUT2D eigenvalue weighted by Gasteiger charge is 2.28. The fourth-order valence-corrected chi connectivity index (χ4v) is 3.30. The number of benzene rings is 1. The van der Waals surface area contributed by atoms with Crippen molar-refractivity contribution in [2.24, 2.45) is 0 Å². The van der Waals surface area contributed by atoms with E-state index >= 15 is 0 Å². The summed E-state index contributed by atoms with van der Waals surface area (Å²) < 4.78 is 11.0. The molecule has 0 aliphatic carbocycles. The molecule has 0 aromatic heterocycles. The summed E-state index contributed by atoms with van der Waals surface area (Å²) >= 11 is 0. The van der Waals surface area contributed by atoms with Crippen molar-refractivity contribution in [3.8, 4) is 0 Å². The first-order valence-corrected chi connectivity index (χ1v) is 8.74. The lowest BCUT2D eigenvalue weighted by molar-refractivity contribution is -0.0737. The lowest BCUT2D eigenvalue weighted by atomic mass is 10.0. The number of nitrogens with zero attached hydrogens (tertiary/aromatic N) is 1. The molecule has 1 amide bonds. The zero-order valence-corrected chi connectivity index (χ0v) is 13.9. The molecule has 2 heterocycles. The van der Waals surface area contributed by atoms with E-state index in [0.717, 1.165) is 13.1 Å². The van der Waals surface area contributed by atoms with Gasteiger partial charge in [-0.25, -0.2) is 0 Å². The maximum absolute atomic E-state index is 12.5. The van der Waals surface area contributed by atoms with Gasteiger partial charge in [0.2, 0.25) is 0 Å². The Morgan fingerprint density at radius 1 is 1.29 bits per heavy atom. The Balaban J connectivity index is 1.58. The second-order valence-electron chi connectivity index (χ2n) is 6.32. The molecule has 2 saturated heterocycles. The molecule has 6 heteroatoms. The van der Waals surface area contributed by atoms with Crippen LogP contribution in [0.5, 0.6) is 0 Å². The number of amides is 1. The molecule has 0 bridgehead atoms. The predicted octanol–water partition coefficient (Wildman–Crippen LogP) is 1.18. The summed E-state index contributed by atoms with van der Waals surface area (Å²) in [6.07, 6.45) is 2.98. The van der Waals surface area contributed by atoms with E-state index in [2.05, 4.69) is 10.2 Å². The number of rotatable bonds is 6. The smallest absolute Gasteiger partial charge is 0.251 e. The van der Waals surface area contributed by atoms with E-state index in [-0.39, 0.29) is 31.3 Å². The zero-order valence-electron chi connectivity index (χ0n) is 13.9. The predicted molar refractivity (Wildman–Crippen MR) is 91.4 cm³/mol. The number of carbonyl (C=O) groups excluding carboxylic acids is 1. The Bertz CT molecular complexity index is 528. The quantitative estimate of drug-likeness (QED) is 0.817. The summed E-state index contributed by atoms with van der Waals surface area (Å²) in [6, 6.07) is 7.71. The number of ether oxygens (including phenoxy) is 2. The van der Waals surface area contributed by atoms with Gasteiger partial charge in [0, 0.05) is 30.9 Å². The van der Waals surface area contributed by atoms with Crippen LogP contribution in [0.15, 0.2) is 24.3 Å². The molecular formula is C18H26N2O4. The van der Waals surface area contributed by atoms with E-state index in [0.29, 0.717) is 25.2 Å². The van der Waals surface area contributed by atoms with Crippen molar-refractivity contribution >= 4 is 11.6 Å². The second-order valence-corrected chi connectivity index (χ2v) is 6.32. The summed E-state index contributed by atoms with van der Waals surface area (Å²) in [7, 11) is 0. The summed E-state index contributed by atoms with van der Waals surface area (Å²) in [5, 5.41) is 11.9. The number of hydrogen-bond donors (Lipinski definition) is 2. The summed E-state index contributed by atoms with van der Waals surface area (Å²) in [4.78, 5) is 14.8. The summed E-state index contributed by atoms with van der Waals surface area (Å²) in [5.74, 6) is -0.0903. The number of anilines is 1. The first-order valence-electron chi connectivity index (χ1n) is 8.74. The van der Waals surface area contributed by atoms with Gasteiger partial charge < -0.3 is 24.8 Å². The van der Waals surface area contributed by atoms with Crippen LogP contribution in [0.2, 0.25) is 0 Å². The molecule has 3 rings (SSSR count). The zero-order chi connectivity index (χ0) is 16.8. The largest absolute Gasteiger partial charge is 0.394 e. The molecule has 2 atom stereocenters. The maximum Gasteiger partial charge on any atom is 0.251 e. The molecule has 0 unspecified atom stereocenters. The van der Waals surface area contributed by atoms with Crippen molar-refractivity contribution in [2.75, 3.05) is 44.4 Å². The molecule has 24 heavy (non-hydrogen) atoms. The van der Waals surface area contributed by atoms with Gasteiger partial charge in [-0.1, -0.05) is 0 Å². The van der Waals surface area contributed by atoms with Crippen LogP contribution in [0.25, 0.3) is 0 Å². The SMILES string of the molecule is O=C(N[C@@H]1CCOC[C@H]1OCCO)c1ccc(N2CCCC2)cc1. The number of carbonyl (C=O) groups is 1. The van der Waals surface area contributed by atoms with Crippen LogP contribution in [0.4, 0.5) is 5.69 Å². The van der Waals surface area contributed by atoms with Gasteiger partial charge in [-0.3, -0.25) is 4.79 Å². The third-order valence-electron chi connectivity index (χ3n) is 4.64. The van der Waals surface area contributed by atoms with Crippen LogP contribution < -0.4 is 10.2 Å². The molecule has 2 fully saturated rings. The summed E-state index contributed by atoms with van der Waals surface area (Å²) in [5.41, 5.74) is 1.84. The normalized spacial score (nSPS) is 24.1. The topological polar surface area (TPSA) is 71.0 Å². The molecule has 0 saturated carbocycles. The first kappa shape index (κ1) is 17.2. The van der Waals surface area contributed by atoms with E-state index in [1.807, 2.05) is 24.3 Å². The van der Waals surface area contributed by atoms with Gasteiger partial charge in [-0.15, -0.1) is 0 Å². The maximum atomic E-state index is 12.5. The third-order valence-corrected chi connectivity index (χ3v) is 4.64. The molecule has 2 aliphatic heterocycles. The number of aliphatic hydroxyl groups is 1. The molecule has 0 spiro atoms. The Labute approximate surface area is 142 Å². The Morgan fingerprint density at radius 3 is 2.75 bits per heavy atom. The lowest BCUT2D eigenvalue weighted by Gasteiger charge is -2.32. The van der Waals surface area contributed by atoms with Crippen molar-refractivity contribution in [1.29, 1.82) is 0 Å². The molecule has 1 aromatic carbocycles. The van der Waals surface area contributed by atoms with E-state index in [1.165, 1.54) is 18.5 Å². The van der Waals surface area contributed by atoms with Crippen molar-refractivity contribution in [3.05, 3.63) is 29.8 Å². The average molecular weight is 334 g/mol. The van der Waals surface area contributed by atoms with Gasteiger partial charge in [0.25, 0.3) is 5.91 Å². The fourth-order valence-electron chi connectivity index (χ4n) is 3.30. The van der Waals surface area contributed by atoms with Gasteiger partial charge in [0.05, 0.1) is 25.9 Å². The van der Waals surface area contributed by atoms with Crippen LogP contribution in [-0.4, -0.2) is 62.7 Å². The third kappa shape index (κ3) is 4.26. The monoisotopic (exact) mass is 334 g/mol. The Hall–Kier alpha value is -1.63. The van der Waals surface area contributed by atoms with Crippen LogP contribution in [-0.2, 0) is 9.47 Å². The average Bonchev–Trinajstić information content (AvgIpc) is 3.16. The van der Waals surface area contributed by atoms with Gasteiger partial charge in [-0.05, 0) is 43.5 Å². The van der Waals surface area contributed by atoms with Crippen molar-refractivity contribution in [1.82, 2.24) is 5.32 Å². The minimum Gasteiger partial charge on any atom is -0.394 e. The van der Waals surface area contributed by atoms with Crippen LogP contribution in [0.1, 0.15) is 29.6 Å².